The van der Waals surface area contributed by atoms with E-state index in [1.807, 2.05) is 6.20 Å². The van der Waals surface area contributed by atoms with Gasteiger partial charge in [-0.3, -0.25) is 4.98 Å². The van der Waals surface area contributed by atoms with Crippen LogP contribution in [0.2, 0.25) is 0 Å². The van der Waals surface area contributed by atoms with E-state index in [1.165, 1.54) is 5.69 Å². The smallest absolute Gasteiger partial charge is 0.0413 e. The Morgan fingerprint density at radius 2 is 1.94 bits per heavy atom. The van der Waals surface area contributed by atoms with Crippen LogP contribution in [0.15, 0.2) is 22.8 Å². The number of nitrogens with zero attached hydrogens (tertiary/aromatic N) is 1. The molecule has 0 spiro atoms. The Balaban J connectivity index is 2.69. The zero-order valence-electron chi connectivity index (χ0n) is 12.1. The van der Waals surface area contributed by atoms with Crippen molar-refractivity contribution in [2.75, 3.05) is 6.54 Å². The van der Waals surface area contributed by atoms with E-state index in [0.717, 1.165) is 17.4 Å². The van der Waals surface area contributed by atoms with E-state index in [2.05, 4.69) is 73.0 Å². The van der Waals surface area contributed by atoms with Crippen LogP contribution in [0.4, 0.5) is 0 Å². The molecule has 18 heavy (non-hydrogen) atoms. The first-order chi connectivity index (χ1) is 8.29. The molecule has 0 aliphatic heterocycles. The molecule has 0 saturated carbocycles. The van der Waals surface area contributed by atoms with Gasteiger partial charge >= 0.3 is 0 Å². The summed E-state index contributed by atoms with van der Waals surface area (Å²) in [6.45, 7) is 12.3. The van der Waals surface area contributed by atoms with E-state index < -0.39 is 0 Å². The Bertz CT molecular complexity index is 352. The Hall–Kier alpha value is -0.410. The normalized spacial score (nSPS) is 13.9. The SMILES string of the molecule is CC(C)NCC(Cc1ccc(Br)cn1)C(C)(C)C. The topological polar surface area (TPSA) is 24.9 Å². The number of nitrogens with one attached hydrogen (secondary N) is 1. The van der Waals surface area contributed by atoms with Crippen LogP contribution in [0, 0.1) is 11.3 Å². The van der Waals surface area contributed by atoms with Gasteiger partial charge in [0.15, 0.2) is 0 Å². The van der Waals surface area contributed by atoms with Gasteiger partial charge in [0.25, 0.3) is 0 Å². The second-order valence-corrected chi connectivity index (χ2v) is 7.21. The maximum Gasteiger partial charge on any atom is 0.0413 e. The maximum atomic E-state index is 4.48. The van der Waals surface area contributed by atoms with Gasteiger partial charge in [-0.05, 0) is 52.4 Å². The highest BCUT2D eigenvalue weighted by molar-refractivity contribution is 9.10. The monoisotopic (exact) mass is 312 g/mol. The molecule has 1 atom stereocenters. The molecule has 3 heteroatoms. The molecule has 0 fully saturated rings. The van der Waals surface area contributed by atoms with Crippen molar-refractivity contribution in [1.29, 1.82) is 0 Å². The van der Waals surface area contributed by atoms with Gasteiger partial charge < -0.3 is 5.32 Å². The number of rotatable bonds is 5. The zero-order valence-corrected chi connectivity index (χ0v) is 13.7. The molecule has 1 N–H and O–H groups in total. The molecule has 1 unspecified atom stereocenters. The third-order valence-corrected chi connectivity index (χ3v) is 3.71. The molecule has 1 rings (SSSR count). The first kappa shape index (κ1) is 15.6. The van der Waals surface area contributed by atoms with E-state index in [-0.39, 0.29) is 5.41 Å². The van der Waals surface area contributed by atoms with Crippen molar-refractivity contribution in [3.63, 3.8) is 0 Å². The van der Waals surface area contributed by atoms with E-state index in [0.29, 0.717) is 12.0 Å². The number of hydrogen-bond donors (Lipinski definition) is 1. The Morgan fingerprint density at radius 3 is 2.39 bits per heavy atom. The van der Waals surface area contributed by atoms with Crippen molar-refractivity contribution in [3.8, 4) is 0 Å². The van der Waals surface area contributed by atoms with Crippen LogP contribution in [0.5, 0.6) is 0 Å². The standard InChI is InChI=1S/C15H25BrN2/c1-11(2)17-9-12(15(3,4)5)8-14-7-6-13(16)10-18-14/h6-7,10-12,17H,8-9H2,1-5H3. The fourth-order valence-corrected chi connectivity index (χ4v) is 2.08. The summed E-state index contributed by atoms with van der Waals surface area (Å²) in [5.41, 5.74) is 1.46. The molecule has 0 aliphatic carbocycles. The van der Waals surface area contributed by atoms with Gasteiger partial charge in [-0.1, -0.05) is 34.6 Å². The van der Waals surface area contributed by atoms with Crippen molar-refractivity contribution >= 4 is 15.9 Å². The summed E-state index contributed by atoms with van der Waals surface area (Å²) in [6, 6.07) is 4.71. The first-order valence-electron chi connectivity index (χ1n) is 6.63. The van der Waals surface area contributed by atoms with E-state index >= 15 is 0 Å². The number of halogens is 1. The molecular weight excluding hydrogens is 288 g/mol. The molecular formula is C15H25BrN2. The average Bonchev–Trinajstić information content (AvgIpc) is 2.24. The lowest BCUT2D eigenvalue weighted by molar-refractivity contribution is 0.225. The lowest BCUT2D eigenvalue weighted by Crippen LogP contribution is -2.36. The molecule has 1 aromatic heterocycles. The molecule has 1 heterocycles. The molecule has 102 valence electrons. The van der Waals surface area contributed by atoms with Gasteiger partial charge in [-0.2, -0.15) is 0 Å². The fourth-order valence-electron chi connectivity index (χ4n) is 1.84. The third kappa shape index (κ3) is 5.49. The second-order valence-electron chi connectivity index (χ2n) is 6.30. The molecule has 0 saturated heterocycles. The number of pyridine rings is 1. The lowest BCUT2D eigenvalue weighted by Gasteiger charge is -2.31. The Kier molecular flexibility index (Phi) is 5.80. The van der Waals surface area contributed by atoms with Crippen LogP contribution in [0.1, 0.15) is 40.3 Å². The van der Waals surface area contributed by atoms with E-state index in [9.17, 15) is 0 Å². The van der Waals surface area contributed by atoms with Crippen LogP contribution in [0.3, 0.4) is 0 Å². The maximum absolute atomic E-state index is 4.48. The second kappa shape index (κ2) is 6.67. The molecule has 0 amide bonds. The molecule has 2 nitrogen and oxygen atoms in total. The minimum atomic E-state index is 0.288. The molecule has 1 aromatic rings. The van der Waals surface area contributed by atoms with Gasteiger partial charge in [0, 0.05) is 22.4 Å². The van der Waals surface area contributed by atoms with Crippen molar-refractivity contribution in [1.82, 2.24) is 10.3 Å². The lowest BCUT2D eigenvalue weighted by atomic mass is 9.78. The van der Waals surface area contributed by atoms with Gasteiger partial charge in [-0.25, -0.2) is 0 Å². The number of aromatic nitrogens is 1. The highest BCUT2D eigenvalue weighted by Crippen LogP contribution is 2.28. The van der Waals surface area contributed by atoms with Crippen molar-refractivity contribution < 1.29 is 0 Å². The summed E-state index contributed by atoms with van der Waals surface area (Å²) in [5.74, 6) is 0.591. The predicted molar refractivity (Wildman–Crippen MR) is 81.7 cm³/mol. The van der Waals surface area contributed by atoms with Crippen LogP contribution in [0.25, 0.3) is 0 Å². The summed E-state index contributed by atoms with van der Waals surface area (Å²) in [5, 5.41) is 3.55. The average molecular weight is 313 g/mol. The number of hydrogen-bond acceptors (Lipinski definition) is 2. The summed E-state index contributed by atoms with van der Waals surface area (Å²) in [4.78, 5) is 4.48. The minimum absolute atomic E-state index is 0.288. The highest BCUT2D eigenvalue weighted by Gasteiger charge is 2.25. The van der Waals surface area contributed by atoms with Crippen LogP contribution >= 0.6 is 15.9 Å². The van der Waals surface area contributed by atoms with Crippen molar-refractivity contribution in [2.24, 2.45) is 11.3 Å². The summed E-state index contributed by atoms with van der Waals surface area (Å²) in [6.07, 6.45) is 2.90. The predicted octanol–water partition coefficient (Wildman–Crippen LogP) is 4.05. The molecule has 0 radical (unpaired) electrons. The third-order valence-electron chi connectivity index (χ3n) is 3.24. The van der Waals surface area contributed by atoms with Crippen molar-refractivity contribution in [3.05, 3.63) is 28.5 Å². The Labute approximate surface area is 120 Å². The largest absolute Gasteiger partial charge is 0.314 e. The zero-order chi connectivity index (χ0) is 13.8. The van der Waals surface area contributed by atoms with Crippen LogP contribution < -0.4 is 5.32 Å². The van der Waals surface area contributed by atoms with Gasteiger partial charge in [0.05, 0.1) is 0 Å². The van der Waals surface area contributed by atoms with Gasteiger partial charge in [0.2, 0.25) is 0 Å². The van der Waals surface area contributed by atoms with Crippen LogP contribution in [-0.2, 0) is 6.42 Å². The Morgan fingerprint density at radius 1 is 1.28 bits per heavy atom. The molecule has 0 aromatic carbocycles. The highest BCUT2D eigenvalue weighted by atomic mass is 79.9. The van der Waals surface area contributed by atoms with E-state index in [1.54, 1.807) is 0 Å². The summed E-state index contributed by atoms with van der Waals surface area (Å²) in [7, 11) is 0. The van der Waals surface area contributed by atoms with Crippen molar-refractivity contribution in [2.45, 2.75) is 47.1 Å². The molecule has 0 aliphatic rings. The van der Waals surface area contributed by atoms with Gasteiger partial charge in [-0.15, -0.1) is 0 Å². The van der Waals surface area contributed by atoms with Crippen LogP contribution in [-0.4, -0.2) is 17.6 Å². The molecule has 0 bridgehead atoms. The minimum Gasteiger partial charge on any atom is -0.314 e. The van der Waals surface area contributed by atoms with E-state index in [4.69, 9.17) is 0 Å². The fraction of sp³-hybridized carbons (Fsp3) is 0.667. The van der Waals surface area contributed by atoms with Gasteiger partial charge in [0.1, 0.15) is 0 Å². The first-order valence-corrected chi connectivity index (χ1v) is 7.42. The summed E-state index contributed by atoms with van der Waals surface area (Å²) < 4.78 is 1.04. The summed E-state index contributed by atoms with van der Waals surface area (Å²) >= 11 is 3.43. The quantitative estimate of drug-likeness (QED) is 0.887.